The normalized spacial score (nSPS) is 18.5. The van der Waals surface area contributed by atoms with Gasteiger partial charge in [0.05, 0.1) is 6.54 Å². The van der Waals surface area contributed by atoms with E-state index in [2.05, 4.69) is 49.9 Å². The minimum absolute atomic E-state index is 0.136. The number of hydrogen-bond donors (Lipinski definition) is 1. The molecule has 0 aromatic heterocycles. The van der Waals surface area contributed by atoms with Crippen molar-refractivity contribution >= 4 is 5.97 Å². The van der Waals surface area contributed by atoms with Crippen LogP contribution in [0.2, 0.25) is 0 Å². The van der Waals surface area contributed by atoms with Crippen LogP contribution < -0.4 is 0 Å². The molecule has 0 spiro atoms. The minimum atomic E-state index is -0.742. The van der Waals surface area contributed by atoms with Crippen molar-refractivity contribution in [2.75, 3.05) is 26.7 Å². The third-order valence-electron chi connectivity index (χ3n) is 5.14. The lowest BCUT2D eigenvalue weighted by Gasteiger charge is -2.39. The summed E-state index contributed by atoms with van der Waals surface area (Å²) >= 11 is 0. The second-order valence-electron chi connectivity index (χ2n) is 7.07. The van der Waals surface area contributed by atoms with Gasteiger partial charge in [-0.2, -0.15) is 0 Å². The quantitative estimate of drug-likeness (QED) is 0.873. The number of carboxylic acid groups (broad SMARTS) is 1. The summed E-state index contributed by atoms with van der Waals surface area (Å²) in [7, 11) is 1.92. The number of aliphatic carboxylic acids is 1. The van der Waals surface area contributed by atoms with Crippen molar-refractivity contribution in [1.82, 2.24) is 9.80 Å². The van der Waals surface area contributed by atoms with Gasteiger partial charge in [0, 0.05) is 25.2 Å². The maximum Gasteiger partial charge on any atom is 0.317 e. The molecule has 23 heavy (non-hydrogen) atoms. The molecule has 1 atom stereocenters. The summed E-state index contributed by atoms with van der Waals surface area (Å²) in [6.07, 6.45) is 2.08. The number of nitrogens with zero attached hydrogens (tertiary/aromatic N) is 2. The van der Waals surface area contributed by atoms with E-state index in [1.165, 1.54) is 11.1 Å². The molecule has 0 aliphatic carbocycles. The van der Waals surface area contributed by atoms with Crippen molar-refractivity contribution in [2.45, 2.75) is 51.6 Å². The van der Waals surface area contributed by atoms with Gasteiger partial charge in [-0.3, -0.25) is 14.6 Å². The van der Waals surface area contributed by atoms with Crippen molar-refractivity contribution in [1.29, 1.82) is 0 Å². The molecule has 4 heteroatoms. The van der Waals surface area contributed by atoms with E-state index in [4.69, 9.17) is 5.11 Å². The number of rotatable bonds is 6. The van der Waals surface area contributed by atoms with Crippen molar-refractivity contribution in [2.24, 2.45) is 0 Å². The number of likely N-dealkylation sites (tertiary alicyclic amines) is 1. The monoisotopic (exact) mass is 318 g/mol. The highest BCUT2D eigenvalue weighted by Crippen LogP contribution is 2.26. The van der Waals surface area contributed by atoms with Gasteiger partial charge in [0.2, 0.25) is 0 Å². The lowest BCUT2D eigenvalue weighted by molar-refractivity contribution is -0.138. The first-order valence-electron chi connectivity index (χ1n) is 8.64. The Bertz CT molecular complexity index is 505. The van der Waals surface area contributed by atoms with E-state index in [1.54, 1.807) is 0 Å². The van der Waals surface area contributed by atoms with E-state index in [9.17, 15) is 4.79 Å². The van der Waals surface area contributed by atoms with Gasteiger partial charge in [0.1, 0.15) is 0 Å². The Kier molecular flexibility index (Phi) is 6.19. The first-order valence-corrected chi connectivity index (χ1v) is 8.64. The first-order chi connectivity index (χ1) is 10.9. The molecule has 1 aliphatic heterocycles. The predicted octanol–water partition coefficient (Wildman–Crippen LogP) is 3.35. The van der Waals surface area contributed by atoms with Crippen LogP contribution in [0.15, 0.2) is 24.3 Å². The van der Waals surface area contributed by atoms with Crippen LogP contribution in [-0.4, -0.2) is 53.6 Å². The average Bonchev–Trinajstić information content (AvgIpc) is 2.53. The summed E-state index contributed by atoms with van der Waals surface area (Å²) in [6, 6.07) is 9.79. The Labute approximate surface area is 140 Å². The molecule has 4 nitrogen and oxygen atoms in total. The van der Waals surface area contributed by atoms with Crippen molar-refractivity contribution in [3.8, 4) is 0 Å². The fourth-order valence-electron chi connectivity index (χ4n) is 3.43. The lowest BCUT2D eigenvalue weighted by Crippen LogP contribution is -2.45. The number of piperidine rings is 1. The first kappa shape index (κ1) is 18.0. The molecule has 1 heterocycles. The molecule has 0 saturated carbocycles. The van der Waals surface area contributed by atoms with Crippen LogP contribution in [0.3, 0.4) is 0 Å². The minimum Gasteiger partial charge on any atom is -0.480 e. The number of benzene rings is 1. The number of hydrogen-bond acceptors (Lipinski definition) is 3. The molecular weight excluding hydrogens is 288 g/mol. The van der Waals surface area contributed by atoms with Crippen LogP contribution in [0.4, 0.5) is 0 Å². The van der Waals surface area contributed by atoms with Gasteiger partial charge in [-0.1, -0.05) is 38.1 Å². The third kappa shape index (κ3) is 4.79. The highest BCUT2D eigenvalue weighted by atomic mass is 16.4. The number of carbonyl (C=O) groups is 1. The second kappa shape index (κ2) is 7.93. The molecule has 2 rings (SSSR count). The van der Waals surface area contributed by atoms with Gasteiger partial charge < -0.3 is 5.11 Å². The zero-order valence-corrected chi connectivity index (χ0v) is 14.8. The van der Waals surface area contributed by atoms with Gasteiger partial charge in [0.15, 0.2) is 0 Å². The SMILES string of the molecule is CC(C)c1ccc(C(C)N2CCC(N(C)CC(=O)O)CC2)cc1. The van der Waals surface area contributed by atoms with E-state index in [0.717, 1.165) is 25.9 Å². The summed E-state index contributed by atoms with van der Waals surface area (Å²) in [6.45, 7) is 8.90. The van der Waals surface area contributed by atoms with E-state index >= 15 is 0 Å². The molecule has 1 saturated heterocycles. The van der Waals surface area contributed by atoms with Gasteiger partial charge >= 0.3 is 5.97 Å². The van der Waals surface area contributed by atoms with Crippen LogP contribution >= 0.6 is 0 Å². The Balaban J connectivity index is 1.90. The Morgan fingerprint density at radius 1 is 1.17 bits per heavy atom. The Morgan fingerprint density at radius 2 is 1.70 bits per heavy atom. The summed E-state index contributed by atoms with van der Waals surface area (Å²) in [5.74, 6) is -0.173. The number of likely N-dealkylation sites (N-methyl/N-ethyl adjacent to an activating group) is 1. The second-order valence-corrected chi connectivity index (χ2v) is 7.07. The average molecular weight is 318 g/mol. The maximum atomic E-state index is 10.8. The largest absolute Gasteiger partial charge is 0.480 e. The highest BCUT2D eigenvalue weighted by Gasteiger charge is 2.26. The molecule has 1 aromatic carbocycles. The van der Waals surface area contributed by atoms with Crippen molar-refractivity contribution in [3.05, 3.63) is 35.4 Å². The van der Waals surface area contributed by atoms with Crippen LogP contribution in [0.25, 0.3) is 0 Å². The Morgan fingerprint density at radius 3 is 2.17 bits per heavy atom. The molecule has 0 bridgehead atoms. The van der Waals surface area contributed by atoms with E-state index < -0.39 is 5.97 Å². The standard InChI is InChI=1S/C19H30N2O2/c1-14(2)16-5-7-17(8-6-16)15(3)21-11-9-18(10-12-21)20(4)13-19(22)23/h5-8,14-15,18H,9-13H2,1-4H3,(H,22,23). The molecule has 0 radical (unpaired) electrons. The van der Waals surface area contributed by atoms with Crippen molar-refractivity contribution < 1.29 is 9.90 Å². The predicted molar refractivity (Wildman–Crippen MR) is 93.8 cm³/mol. The van der Waals surface area contributed by atoms with Crippen molar-refractivity contribution in [3.63, 3.8) is 0 Å². The third-order valence-corrected chi connectivity index (χ3v) is 5.14. The highest BCUT2D eigenvalue weighted by molar-refractivity contribution is 5.69. The molecule has 128 valence electrons. The summed E-state index contributed by atoms with van der Waals surface area (Å²) < 4.78 is 0. The smallest absolute Gasteiger partial charge is 0.317 e. The fourth-order valence-corrected chi connectivity index (χ4v) is 3.43. The van der Waals surface area contributed by atoms with Gasteiger partial charge in [-0.25, -0.2) is 0 Å². The molecule has 1 aliphatic rings. The fraction of sp³-hybridized carbons (Fsp3) is 0.632. The summed E-state index contributed by atoms with van der Waals surface area (Å²) in [4.78, 5) is 15.3. The van der Waals surface area contributed by atoms with E-state index in [0.29, 0.717) is 18.0 Å². The molecular formula is C19H30N2O2. The Hall–Kier alpha value is -1.39. The topological polar surface area (TPSA) is 43.8 Å². The maximum absolute atomic E-state index is 10.8. The molecule has 1 fully saturated rings. The lowest BCUT2D eigenvalue weighted by atomic mass is 9.97. The number of carboxylic acids is 1. The van der Waals surface area contributed by atoms with Crippen LogP contribution in [-0.2, 0) is 4.79 Å². The van der Waals surface area contributed by atoms with Gasteiger partial charge in [-0.05, 0) is 43.9 Å². The van der Waals surface area contributed by atoms with Gasteiger partial charge in [-0.15, -0.1) is 0 Å². The van der Waals surface area contributed by atoms with Crippen LogP contribution in [0.5, 0.6) is 0 Å². The molecule has 1 N–H and O–H groups in total. The van der Waals surface area contributed by atoms with Crippen LogP contribution in [0.1, 0.15) is 56.7 Å². The molecule has 0 amide bonds. The van der Waals surface area contributed by atoms with E-state index in [1.807, 2.05) is 11.9 Å². The molecule has 1 aromatic rings. The zero-order valence-electron chi connectivity index (χ0n) is 14.8. The summed E-state index contributed by atoms with van der Waals surface area (Å²) in [5, 5.41) is 8.91. The van der Waals surface area contributed by atoms with Crippen LogP contribution in [0, 0.1) is 0 Å². The van der Waals surface area contributed by atoms with Gasteiger partial charge in [0.25, 0.3) is 0 Å². The summed E-state index contributed by atoms with van der Waals surface area (Å²) in [5.41, 5.74) is 2.75. The zero-order chi connectivity index (χ0) is 17.0. The van der Waals surface area contributed by atoms with E-state index in [-0.39, 0.29) is 6.54 Å². The molecule has 1 unspecified atom stereocenters.